The van der Waals surface area contributed by atoms with Crippen molar-refractivity contribution < 1.29 is 27.9 Å². The summed E-state index contributed by atoms with van der Waals surface area (Å²) >= 11 is 0. The van der Waals surface area contributed by atoms with Crippen LogP contribution in [0.15, 0.2) is 18.2 Å². The summed E-state index contributed by atoms with van der Waals surface area (Å²) in [6.45, 7) is 0. The molecule has 0 bridgehead atoms. The molecule has 0 aliphatic heterocycles. The molecule has 0 unspecified atom stereocenters. The Morgan fingerprint density at radius 1 is 1.29 bits per heavy atom. The molecule has 0 radical (unpaired) electrons. The summed E-state index contributed by atoms with van der Waals surface area (Å²) < 4.78 is 37.9. The molecule has 8 heteroatoms. The van der Waals surface area contributed by atoms with Crippen molar-refractivity contribution in [2.75, 3.05) is 5.32 Å². The maximum absolute atomic E-state index is 12.6. The Bertz CT molecular complexity index is 595. The molecule has 1 aromatic rings. The van der Waals surface area contributed by atoms with E-state index in [0.29, 0.717) is 25.3 Å². The molecule has 0 spiro atoms. The zero-order chi connectivity index (χ0) is 15.8. The highest BCUT2D eigenvalue weighted by molar-refractivity contribution is 5.99. The van der Waals surface area contributed by atoms with Crippen LogP contribution in [0.3, 0.4) is 0 Å². The highest BCUT2D eigenvalue weighted by Gasteiger charge is 2.45. The molecule has 21 heavy (non-hydrogen) atoms. The van der Waals surface area contributed by atoms with Crippen molar-refractivity contribution in [3.8, 4) is 0 Å². The minimum Gasteiger partial charge on any atom is -0.480 e. The van der Waals surface area contributed by atoms with Crippen molar-refractivity contribution in [3.05, 3.63) is 29.3 Å². The first-order valence-electron chi connectivity index (χ1n) is 6.18. The Labute approximate surface area is 117 Å². The van der Waals surface area contributed by atoms with E-state index in [-0.39, 0.29) is 11.3 Å². The number of carbonyl (C=O) groups is 2. The summed E-state index contributed by atoms with van der Waals surface area (Å²) in [5.74, 6) is -2.16. The zero-order valence-electron chi connectivity index (χ0n) is 10.8. The lowest BCUT2D eigenvalue weighted by Gasteiger charge is -2.39. The third kappa shape index (κ3) is 2.79. The fourth-order valence-corrected chi connectivity index (χ4v) is 2.21. The third-order valence-electron chi connectivity index (χ3n) is 3.60. The van der Waals surface area contributed by atoms with Gasteiger partial charge >= 0.3 is 12.1 Å². The van der Waals surface area contributed by atoms with Gasteiger partial charge in [0.2, 0.25) is 0 Å². The molecular formula is C13H13F3N2O3. The quantitative estimate of drug-likeness (QED) is 0.795. The number of nitrogens with two attached hydrogens (primary N) is 1. The van der Waals surface area contributed by atoms with Gasteiger partial charge in [-0.25, -0.2) is 4.79 Å². The average molecular weight is 302 g/mol. The second-order valence-corrected chi connectivity index (χ2v) is 4.99. The van der Waals surface area contributed by atoms with Crippen molar-refractivity contribution in [3.63, 3.8) is 0 Å². The number of primary amides is 1. The average Bonchev–Trinajstić information content (AvgIpc) is 2.31. The van der Waals surface area contributed by atoms with Gasteiger partial charge in [0.25, 0.3) is 5.91 Å². The number of amides is 1. The molecule has 0 atom stereocenters. The van der Waals surface area contributed by atoms with Crippen molar-refractivity contribution in [2.45, 2.75) is 31.0 Å². The minimum atomic E-state index is -4.61. The Morgan fingerprint density at radius 3 is 2.29 bits per heavy atom. The molecule has 0 aromatic heterocycles. The zero-order valence-corrected chi connectivity index (χ0v) is 10.8. The van der Waals surface area contributed by atoms with Gasteiger partial charge in [-0.1, -0.05) is 0 Å². The number of carboxylic acid groups (broad SMARTS) is 1. The number of nitrogens with one attached hydrogen (secondary N) is 1. The molecule has 1 aliphatic carbocycles. The Kier molecular flexibility index (Phi) is 3.56. The number of alkyl halides is 3. The number of hydrogen-bond acceptors (Lipinski definition) is 3. The van der Waals surface area contributed by atoms with Gasteiger partial charge in [0.05, 0.1) is 11.1 Å². The van der Waals surface area contributed by atoms with E-state index < -0.39 is 29.2 Å². The smallest absolute Gasteiger partial charge is 0.416 e. The molecule has 1 fully saturated rings. The van der Waals surface area contributed by atoms with E-state index in [9.17, 15) is 27.9 Å². The van der Waals surface area contributed by atoms with E-state index >= 15 is 0 Å². The monoisotopic (exact) mass is 302 g/mol. The lowest BCUT2D eigenvalue weighted by molar-refractivity contribution is -0.145. The Balaban J connectivity index is 2.40. The van der Waals surface area contributed by atoms with Crippen LogP contribution in [0.1, 0.15) is 35.2 Å². The Hall–Kier alpha value is -2.25. The van der Waals surface area contributed by atoms with Crippen LogP contribution in [0.5, 0.6) is 0 Å². The number of anilines is 1. The summed E-state index contributed by atoms with van der Waals surface area (Å²) in [6, 6.07) is 2.44. The summed E-state index contributed by atoms with van der Waals surface area (Å²) in [7, 11) is 0. The van der Waals surface area contributed by atoms with Crippen molar-refractivity contribution >= 4 is 17.6 Å². The first-order chi connectivity index (χ1) is 9.66. The number of carbonyl (C=O) groups excluding carboxylic acids is 1. The molecule has 2 rings (SSSR count). The van der Waals surface area contributed by atoms with Crippen LogP contribution in [-0.2, 0) is 11.0 Å². The van der Waals surface area contributed by atoms with Gasteiger partial charge in [-0.15, -0.1) is 0 Å². The second-order valence-electron chi connectivity index (χ2n) is 4.99. The first-order valence-corrected chi connectivity index (χ1v) is 6.18. The van der Waals surface area contributed by atoms with Gasteiger partial charge < -0.3 is 16.2 Å². The molecule has 1 aliphatic rings. The fraction of sp³-hybridized carbons (Fsp3) is 0.385. The third-order valence-corrected chi connectivity index (χ3v) is 3.60. The normalized spacial score (nSPS) is 16.9. The summed E-state index contributed by atoms with van der Waals surface area (Å²) in [5.41, 5.74) is 2.45. The van der Waals surface area contributed by atoms with Crippen molar-refractivity contribution in [2.24, 2.45) is 5.73 Å². The van der Waals surface area contributed by atoms with Crippen LogP contribution in [0.4, 0.5) is 18.9 Å². The van der Waals surface area contributed by atoms with Gasteiger partial charge in [0, 0.05) is 5.69 Å². The lowest BCUT2D eigenvalue weighted by atomic mass is 9.76. The van der Waals surface area contributed by atoms with E-state index in [4.69, 9.17) is 5.73 Å². The number of hydrogen-bond donors (Lipinski definition) is 3. The highest BCUT2D eigenvalue weighted by Crippen LogP contribution is 2.38. The first kappa shape index (κ1) is 15.1. The van der Waals surface area contributed by atoms with Gasteiger partial charge in [-0.3, -0.25) is 4.79 Å². The molecule has 114 valence electrons. The maximum atomic E-state index is 12.6. The van der Waals surface area contributed by atoms with Gasteiger partial charge in [0.15, 0.2) is 0 Å². The SMILES string of the molecule is NC(=O)c1cc(C(F)(F)F)ccc1NC1(C(=O)O)CCC1. The molecule has 1 saturated carbocycles. The fourth-order valence-electron chi connectivity index (χ4n) is 2.21. The van der Waals surface area contributed by atoms with Crippen LogP contribution in [-0.4, -0.2) is 22.5 Å². The number of rotatable bonds is 4. The molecule has 1 aromatic carbocycles. The number of benzene rings is 1. The highest BCUT2D eigenvalue weighted by atomic mass is 19.4. The summed E-state index contributed by atoms with van der Waals surface area (Å²) in [5, 5.41) is 11.9. The predicted octanol–water partition coefficient (Wildman–Crippen LogP) is 2.22. The van der Waals surface area contributed by atoms with Crippen LogP contribution in [0.25, 0.3) is 0 Å². The van der Waals surface area contributed by atoms with Gasteiger partial charge in [-0.05, 0) is 37.5 Å². The molecular weight excluding hydrogens is 289 g/mol. The van der Waals surface area contributed by atoms with Crippen LogP contribution in [0, 0.1) is 0 Å². The van der Waals surface area contributed by atoms with Crippen LogP contribution < -0.4 is 11.1 Å². The second kappa shape index (κ2) is 4.94. The molecule has 4 N–H and O–H groups in total. The van der Waals surface area contributed by atoms with Crippen molar-refractivity contribution in [1.29, 1.82) is 0 Å². The number of halogens is 3. The molecule has 0 saturated heterocycles. The molecule has 1 amide bonds. The Morgan fingerprint density at radius 2 is 1.90 bits per heavy atom. The number of aliphatic carboxylic acids is 1. The van der Waals surface area contributed by atoms with E-state index in [0.717, 1.165) is 12.1 Å². The summed E-state index contributed by atoms with van der Waals surface area (Å²) in [4.78, 5) is 22.6. The van der Waals surface area contributed by atoms with Crippen LogP contribution >= 0.6 is 0 Å². The lowest BCUT2D eigenvalue weighted by Crippen LogP contribution is -2.52. The standard InChI is InChI=1S/C13H13F3N2O3/c14-13(15,16)7-2-3-9(8(6-7)10(17)19)18-12(11(20)21)4-1-5-12/h2-3,6,18H,1,4-5H2,(H2,17,19)(H,20,21). The summed E-state index contributed by atoms with van der Waals surface area (Å²) in [6.07, 6.45) is -3.25. The van der Waals surface area contributed by atoms with Gasteiger partial charge in [0.1, 0.15) is 5.54 Å². The van der Waals surface area contributed by atoms with E-state index in [1.807, 2.05) is 0 Å². The molecule has 5 nitrogen and oxygen atoms in total. The molecule has 0 heterocycles. The van der Waals surface area contributed by atoms with E-state index in [1.165, 1.54) is 0 Å². The number of carboxylic acids is 1. The topological polar surface area (TPSA) is 92.4 Å². The largest absolute Gasteiger partial charge is 0.480 e. The van der Waals surface area contributed by atoms with Crippen LogP contribution in [0.2, 0.25) is 0 Å². The van der Waals surface area contributed by atoms with E-state index in [1.54, 1.807) is 0 Å². The minimum absolute atomic E-state index is 0.00222. The van der Waals surface area contributed by atoms with Gasteiger partial charge in [-0.2, -0.15) is 13.2 Å². The van der Waals surface area contributed by atoms with E-state index in [2.05, 4.69) is 5.32 Å². The van der Waals surface area contributed by atoms with Crippen molar-refractivity contribution in [1.82, 2.24) is 0 Å². The maximum Gasteiger partial charge on any atom is 0.416 e. The predicted molar refractivity (Wildman–Crippen MR) is 67.8 cm³/mol.